The van der Waals surface area contributed by atoms with Crippen LogP contribution in [0.3, 0.4) is 0 Å². The standard InChI is InChI=1S/C19H18N6O/c1-13-20-8-9-25(13)12-15-5-2-4-14(10-15)11-21-19(26)16-6-3-7-17-18(16)23-24-22-17/h2-10H,11-12H2,1H3,(H,21,26)(H,22,23,24). The second-order valence-corrected chi connectivity index (χ2v) is 6.10. The fourth-order valence-electron chi connectivity index (χ4n) is 2.93. The molecule has 7 heteroatoms. The predicted octanol–water partition coefficient (Wildman–Crippen LogP) is 2.44. The summed E-state index contributed by atoms with van der Waals surface area (Å²) < 4.78 is 2.09. The fraction of sp³-hybridized carbons (Fsp3) is 0.158. The van der Waals surface area contributed by atoms with Gasteiger partial charge in [0.05, 0.1) is 5.56 Å². The van der Waals surface area contributed by atoms with Gasteiger partial charge in [-0.25, -0.2) is 4.98 Å². The molecule has 0 spiro atoms. The zero-order valence-corrected chi connectivity index (χ0v) is 14.3. The Balaban J connectivity index is 1.46. The first-order chi connectivity index (χ1) is 12.7. The van der Waals surface area contributed by atoms with Crippen LogP contribution in [0.15, 0.2) is 54.9 Å². The molecule has 26 heavy (non-hydrogen) atoms. The topological polar surface area (TPSA) is 88.5 Å². The van der Waals surface area contributed by atoms with Crippen LogP contribution < -0.4 is 5.32 Å². The number of benzene rings is 2. The van der Waals surface area contributed by atoms with E-state index in [1.807, 2.05) is 31.3 Å². The maximum atomic E-state index is 12.5. The number of aryl methyl sites for hydroxylation is 1. The van der Waals surface area contributed by atoms with Crippen LogP contribution >= 0.6 is 0 Å². The quantitative estimate of drug-likeness (QED) is 0.581. The highest BCUT2D eigenvalue weighted by molar-refractivity contribution is 6.04. The van der Waals surface area contributed by atoms with Crippen LogP contribution in [0.4, 0.5) is 0 Å². The Kier molecular flexibility index (Phi) is 4.18. The van der Waals surface area contributed by atoms with Gasteiger partial charge in [0.2, 0.25) is 0 Å². The molecule has 0 atom stereocenters. The Morgan fingerprint density at radius 2 is 2.00 bits per heavy atom. The number of fused-ring (bicyclic) bond motifs is 1. The number of aromatic nitrogens is 5. The minimum absolute atomic E-state index is 0.166. The number of carbonyl (C=O) groups is 1. The Bertz CT molecular complexity index is 1060. The Labute approximate surface area is 150 Å². The number of carbonyl (C=O) groups excluding carboxylic acids is 1. The minimum atomic E-state index is -0.166. The van der Waals surface area contributed by atoms with E-state index < -0.39 is 0 Å². The zero-order chi connectivity index (χ0) is 17.9. The van der Waals surface area contributed by atoms with Crippen molar-refractivity contribution in [2.24, 2.45) is 0 Å². The van der Waals surface area contributed by atoms with E-state index in [0.29, 0.717) is 23.1 Å². The van der Waals surface area contributed by atoms with Crippen LogP contribution in [0.1, 0.15) is 27.3 Å². The van der Waals surface area contributed by atoms with Gasteiger partial charge in [0.1, 0.15) is 16.9 Å². The van der Waals surface area contributed by atoms with E-state index in [4.69, 9.17) is 0 Å². The van der Waals surface area contributed by atoms with Gasteiger partial charge in [0.15, 0.2) is 0 Å². The van der Waals surface area contributed by atoms with Gasteiger partial charge in [-0.1, -0.05) is 30.3 Å². The molecule has 0 aliphatic rings. The summed E-state index contributed by atoms with van der Waals surface area (Å²) >= 11 is 0. The summed E-state index contributed by atoms with van der Waals surface area (Å²) in [5.41, 5.74) is 3.98. The van der Waals surface area contributed by atoms with Gasteiger partial charge in [-0.15, -0.1) is 0 Å². The molecule has 0 fully saturated rings. The molecule has 0 saturated carbocycles. The SMILES string of the molecule is Cc1nccn1Cc1cccc(CNC(=O)c2cccc3n[nH]nc23)c1. The third kappa shape index (κ3) is 3.19. The number of H-pyrrole nitrogens is 1. The molecule has 0 radical (unpaired) electrons. The van der Waals surface area contributed by atoms with Crippen LogP contribution in [0, 0.1) is 6.92 Å². The first kappa shape index (κ1) is 16.0. The van der Waals surface area contributed by atoms with Crippen molar-refractivity contribution in [1.29, 1.82) is 0 Å². The molecule has 1 amide bonds. The normalized spacial score (nSPS) is 11.0. The summed E-state index contributed by atoms with van der Waals surface area (Å²) in [7, 11) is 0. The van der Waals surface area contributed by atoms with Crippen molar-refractivity contribution in [2.75, 3.05) is 0 Å². The van der Waals surface area contributed by atoms with Gasteiger partial charge in [-0.2, -0.15) is 15.4 Å². The lowest BCUT2D eigenvalue weighted by molar-refractivity contribution is 0.0952. The predicted molar refractivity (Wildman–Crippen MR) is 97.6 cm³/mol. The number of hydrogen-bond donors (Lipinski definition) is 2. The third-order valence-corrected chi connectivity index (χ3v) is 4.31. The summed E-state index contributed by atoms with van der Waals surface area (Å²) in [6, 6.07) is 13.5. The number of rotatable bonds is 5. The number of nitrogens with one attached hydrogen (secondary N) is 2. The van der Waals surface area contributed by atoms with E-state index in [1.54, 1.807) is 18.3 Å². The van der Waals surface area contributed by atoms with Gasteiger partial charge in [-0.05, 0) is 30.2 Å². The maximum absolute atomic E-state index is 12.5. The number of nitrogens with zero attached hydrogens (tertiary/aromatic N) is 4. The van der Waals surface area contributed by atoms with Crippen LogP contribution in [0.2, 0.25) is 0 Å². The average molecular weight is 346 g/mol. The number of imidazole rings is 1. The van der Waals surface area contributed by atoms with Gasteiger partial charge in [0, 0.05) is 25.5 Å². The molecule has 0 aliphatic heterocycles. The lowest BCUT2D eigenvalue weighted by Crippen LogP contribution is -2.23. The van der Waals surface area contributed by atoms with Crippen molar-refractivity contribution >= 4 is 16.9 Å². The number of para-hydroxylation sites is 1. The molecule has 2 aromatic heterocycles. The average Bonchev–Trinajstić information content (AvgIpc) is 3.29. The summed E-state index contributed by atoms with van der Waals surface area (Å²) in [4.78, 5) is 16.8. The highest BCUT2D eigenvalue weighted by Crippen LogP contribution is 2.14. The van der Waals surface area contributed by atoms with Crippen LogP contribution in [0.25, 0.3) is 11.0 Å². The van der Waals surface area contributed by atoms with Crippen molar-refractivity contribution in [3.05, 3.63) is 77.4 Å². The Hall–Kier alpha value is -3.48. The molecule has 0 bridgehead atoms. The van der Waals surface area contributed by atoms with Crippen molar-refractivity contribution in [2.45, 2.75) is 20.0 Å². The molecule has 0 aliphatic carbocycles. The highest BCUT2D eigenvalue weighted by atomic mass is 16.1. The van der Waals surface area contributed by atoms with E-state index >= 15 is 0 Å². The molecular formula is C19H18N6O. The number of aromatic amines is 1. The number of amides is 1. The van der Waals surface area contributed by atoms with Crippen LogP contribution in [0.5, 0.6) is 0 Å². The third-order valence-electron chi connectivity index (χ3n) is 4.31. The van der Waals surface area contributed by atoms with Crippen molar-refractivity contribution in [3.8, 4) is 0 Å². The Morgan fingerprint density at radius 3 is 2.85 bits per heavy atom. The van der Waals surface area contributed by atoms with Gasteiger partial charge in [-0.3, -0.25) is 4.79 Å². The highest BCUT2D eigenvalue weighted by Gasteiger charge is 2.12. The van der Waals surface area contributed by atoms with Gasteiger partial charge >= 0.3 is 0 Å². The molecule has 2 heterocycles. The smallest absolute Gasteiger partial charge is 0.253 e. The first-order valence-electron chi connectivity index (χ1n) is 8.34. The second-order valence-electron chi connectivity index (χ2n) is 6.10. The van der Waals surface area contributed by atoms with Gasteiger partial charge < -0.3 is 9.88 Å². The molecule has 130 valence electrons. The summed E-state index contributed by atoms with van der Waals surface area (Å²) in [6.45, 7) is 3.18. The molecule has 0 unspecified atom stereocenters. The monoisotopic (exact) mass is 346 g/mol. The van der Waals surface area contributed by atoms with E-state index in [2.05, 4.69) is 42.4 Å². The van der Waals surface area contributed by atoms with E-state index in [1.165, 1.54) is 0 Å². The zero-order valence-electron chi connectivity index (χ0n) is 14.3. The maximum Gasteiger partial charge on any atom is 0.253 e. The fourth-order valence-corrected chi connectivity index (χ4v) is 2.93. The number of hydrogen-bond acceptors (Lipinski definition) is 4. The first-order valence-corrected chi connectivity index (χ1v) is 8.34. The molecule has 2 N–H and O–H groups in total. The second kappa shape index (κ2) is 6.79. The van der Waals surface area contributed by atoms with E-state index in [-0.39, 0.29) is 5.91 Å². The van der Waals surface area contributed by atoms with Crippen LogP contribution in [-0.2, 0) is 13.1 Å². The molecular weight excluding hydrogens is 328 g/mol. The lowest BCUT2D eigenvalue weighted by atomic mass is 10.1. The molecule has 2 aromatic carbocycles. The van der Waals surface area contributed by atoms with Crippen molar-refractivity contribution in [3.63, 3.8) is 0 Å². The van der Waals surface area contributed by atoms with Crippen molar-refractivity contribution < 1.29 is 4.79 Å². The molecule has 7 nitrogen and oxygen atoms in total. The van der Waals surface area contributed by atoms with E-state index in [9.17, 15) is 4.79 Å². The molecule has 4 aromatic rings. The summed E-state index contributed by atoms with van der Waals surface area (Å²) in [5, 5.41) is 13.6. The minimum Gasteiger partial charge on any atom is -0.348 e. The lowest BCUT2D eigenvalue weighted by Gasteiger charge is -2.09. The Morgan fingerprint density at radius 1 is 1.15 bits per heavy atom. The summed E-state index contributed by atoms with van der Waals surface area (Å²) in [5.74, 6) is 0.810. The largest absolute Gasteiger partial charge is 0.348 e. The molecule has 0 saturated heterocycles. The van der Waals surface area contributed by atoms with Gasteiger partial charge in [0.25, 0.3) is 5.91 Å². The summed E-state index contributed by atoms with van der Waals surface area (Å²) in [6.07, 6.45) is 3.76. The van der Waals surface area contributed by atoms with E-state index in [0.717, 1.165) is 23.5 Å². The molecule has 4 rings (SSSR count). The van der Waals surface area contributed by atoms with Crippen LogP contribution in [-0.4, -0.2) is 30.9 Å². The van der Waals surface area contributed by atoms with Crippen molar-refractivity contribution in [1.82, 2.24) is 30.3 Å².